The molecule has 0 unspecified atom stereocenters. The quantitative estimate of drug-likeness (QED) is 0.496. The number of nitriles is 1. The van der Waals surface area contributed by atoms with E-state index in [0.29, 0.717) is 17.0 Å². The number of amides is 1. The van der Waals surface area contributed by atoms with Crippen molar-refractivity contribution < 1.29 is 32.9 Å². The zero-order valence-electron chi connectivity index (χ0n) is 19.6. The number of benzene rings is 2. The normalized spacial score (nSPS) is 12.5. The van der Waals surface area contributed by atoms with Gasteiger partial charge in [0, 0.05) is 18.4 Å². The first-order valence-corrected chi connectivity index (χ1v) is 10.9. The van der Waals surface area contributed by atoms with Gasteiger partial charge >= 0.3 is 6.18 Å². The van der Waals surface area contributed by atoms with Crippen molar-refractivity contribution in [2.24, 2.45) is 0 Å². The van der Waals surface area contributed by atoms with E-state index in [0.717, 1.165) is 22.5 Å². The molecule has 0 aliphatic rings. The maximum Gasteiger partial charge on any atom is 0.417 e. The van der Waals surface area contributed by atoms with Gasteiger partial charge in [-0.05, 0) is 62.7 Å². The molecule has 0 aromatic heterocycles. The Labute approximate surface area is 206 Å². The number of hydrogen-bond acceptors (Lipinski definition) is 7. The number of alkyl halides is 3. The summed E-state index contributed by atoms with van der Waals surface area (Å²) in [5, 5.41) is 27.4. The molecule has 0 saturated heterocycles. The van der Waals surface area contributed by atoms with Crippen molar-refractivity contribution >= 4 is 35.0 Å². The second-order valence-electron chi connectivity index (χ2n) is 8.34. The SMILES string of the molecule is Cc1cc(N(C)C(C)(C)C(=O)N(C=S)c2ccc(C#N)c(C(F)(F)F)c2)ccc1OC[C@@H](O)CO. The van der Waals surface area contributed by atoms with E-state index in [1.165, 1.54) is 12.1 Å². The number of carbonyl (C=O) groups is 1. The van der Waals surface area contributed by atoms with Gasteiger partial charge in [-0.25, -0.2) is 0 Å². The van der Waals surface area contributed by atoms with Gasteiger partial charge in [0.25, 0.3) is 5.91 Å². The highest BCUT2D eigenvalue weighted by atomic mass is 32.1. The Kier molecular flexibility index (Phi) is 8.84. The van der Waals surface area contributed by atoms with Crippen LogP contribution < -0.4 is 14.5 Å². The Morgan fingerprint density at radius 3 is 2.37 bits per heavy atom. The van der Waals surface area contributed by atoms with Crippen LogP contribution in [0.25, 0.3) is 0 Å². The summed E-state index contributed by atoms with van der Waals surface area (Å²) in [5.41, 5.74) is -0.778. The van der Waals surface area contributed by atoms with Gasteiger partial charge in [-0.3, -0.25) is 9.69 Å². The standard InChI is InChI=1S/C24H26F3N3O4S/c1-15-9-17(7-8-21(15)34-13-19(32)12-31)29(4)23(2,3)22(33)30(14-35)18-6-5-16(11-28)20(10-18)24(25,26)27/h5-10,14,19,31-32H,12-13H2,1-4H3/t19-/m0/s1. The van der Waals surface area contributed by atoms with Crippen LogP contribution in [0.4, 0.5) is 24.5 Å². The molecule has 0 heterocycles. The van der Waals surface area contributed by atoms with Crippen LogP contribution in [0.1, 0.15) is 30.5 Å². The number of nitrogens with zero attached hydrogens (tertiary/aromatic N) is 3. The molecule has 0 aliphatic heterocycles. The number of carbonyl (C=O) groups excluding carboxylic acids is 1. The number of aliphatic hydroxyl groups excluding tert-OH is 2. The van der Waals surface area contributed by atoms with Gasteiger partial charge < -0.3 is 19.8 Å². The number of thiocarbonyl (C=S) groups is 1. The summed E-state index contributed by atoms with van der Waals surface area (Å²) in [5.74, 6) is -0.103. The number of ether oxygens (including phenoxy) is 1. The molecule has 11 heteroatoms. The fourth-order valence-corrected chi connectivity index (χ4v) is 3.46. The van der Waals surface area contributed by atoms with Crippen molar-refractivity contribution in [1.29, 1.82) is 5.26 Å². The Bertz CT molecular complexity index is 1130. The van der Waals surface area contributed by atoms with Gasteiger partial charge in [0.1, 0.15) is 24.0 Å². The molecular formula is C24H26F3N3O4S. The fourth-order valence-electron chi connectivity index (χ4n) is 3.24. The van der Waals surface area contributed by atoms with Crippen molar-refractivity contribution in [3.63, 3.8) is 0 Å². The maximum absolute atomic E-state index is 13.5. The lowest BCUT2D eigenvalue weighted by atomic mass is 9.98. The highest BCUT2D eigenvalue weighted by Gasteiger charge is 2.38. The van der Waals surface area contributed by atoms with E-state index in [4.69, 9.17) is 27.3 Å². The molecule has 188 valence electrons. The van der Waals surface area contributed by atoms with E-state index in [9.17, 15) is 23.1 Å². The second-order valence-corrected chi connectivity index (χ2v) is 8.55. The van der Waals surface area contributed by atoms with Crippen LogP contribution in [0, 0.1) is 18.3 Å². The summed E-state index contributed by atoms with van der Waals surface area (Å²) in [7, 11) is 1.66. The highest BCUT2D eigenvalue weighted by Crippen LogP contribution is 2.35. The van der Waals surface area contributed by atoms with Crippen LogP contribution in [0.5, 0.6) is 5.75 Å². The summed E-state index contributed by atoms with van der Waals surface area (Å²) in [4.78, 5) is 16.0. The largest absolute Gasteiger partial charge is 0.491 e. The van der Waals surface area contributed by atoms with Crippen LogP contribution in [0.15, 0.2) is 36.4 Å². The summed E-state index contributed by atoms with van der Waals surface area (Å²) in [6.45, 7) is 4.45. The van der Waals surface area contributed by atoms with Crippen molar-refractivity contribution in [2.75, 3.05) is 30.1 Å². The van der Waals surface area contributed by atoms with Crippen LogP contribution in [-0.4, -0.2) is 53.5 Å². The minimum atomic E-state index is -4.78. The smallest absolute Gasteiger partial charge is 0.417 e. The number of likely N-dealkylation sites (N-methyl/N-ethyl adjacent to an activating group) is 1. The Morgan fingerprint density at radius 2 is 1.86 bits per heavy atom. The molecule has 0 bridgehead atoms. The third-order valence-electron chi connectivity index (χ3n) is 5.58. The zero-order chi connectivity index (χ0) is 26.6. The molecule has 35 heavy (non-hydrogen) atoms. The van der Waals surface area contributed by atoms with Gasteiger partial charge in [-0.1, -0.05) is 12.2 Å². The number of halogens is 3. The molecule has 0 radical (unpaired) electrons. The molecule has 2 aromatic rings. The summed E-state index contributed by atoms with van der Waals surface area (Å²) < 4.78 is 45.8. The molecule has 0 saturated carbocycles. The molecule has 2 rings (SSSR count). The van der Waals surface area contributed by atoms with E-state index in [1.54, 1.807) is 50.9 Å². The average molecular weight is 510 g/mol. The number of rotatable bonds is 9. The van der Waals surface area contributed by atoms with Crippen molar-refractivity contribution in [2.45, 2.75) is 38.6 Å². The Balaban J connectivity index is 2.36. The van der Waals surface area contributed by atoms with E-state index < -0.39 is 41.5 Å². The third-order valence-corrected chi connectivity index (χ3v) is 5.79. The Morgan fingerprint density at radius 1 is 1.23 bits per heavy atom. The monoisotopic (exact) mass is 509 g/mol. The Hall–Kier alpha value is -3.20. The number of hydrogen-bond donors (Lipinski definition) is 2. The third kappa shape index (κ3) is 6.28. The van der Waals surface area contributed by atoms with E-state index in [2.05, 4.69) is 0 Å². The van der Waals surface area contributed by atoms with Crippen molar-refractivity contribution in [3.8, 4) is 11.8 Å². The molecule has 2 N–H and O–H groups in total. The predicted octanol–water partition coefficient (Wildman–Crippen LogP) is 3.82. The topological polar surface area (TPSA) is 97.0 Å². The van der Waals surface area contributed by atoms with E-state index in [1.807, 2.05) is 0 Å². The van der Waals surface area contributed by atoms with Gasteiger partial charge in [0.15, 0.2) is 0 Å². The zero-order valence-corrected chi connectivity index (χ0v) is 20.4. The van der Waals surface area contributed by atoms with Crippen LogP contribution in [0.3, 0.4) is 0 Å². The van der Waals surface area contributed by atoms with Gasteiger partial charge in [-0.15, -0.1) is 0 Å². The average Bonchev–Trinajstić information content (AvgIpc) is 2.82. The molecule has 2 aromatic carbocycles. The van der Waals surface area contributed by atoms with Gasteiger partial charge in [-0.2, -0.15) is 18.4 Å². The highest BCUT2D eigenvalue weighted by molar-refractivity contribution is 7.79. The molecule has 0 fully saturated rings. The lowest BCUT2D eigenvalue weighted by molar-refractivity contribution is -0.137. The van der Waals surface area contributed by atoms with Crippen molar-refractivity contribution in [1.82, 2.24) is 0 Å². The molecule has 0 aliphatic carbocycles. The summed E-state index contributed by atoms with van der Waals surface area (Å²) >= 11 is 4.96. The predicted molar refractivity (Wildman–Crippen MR) is 130 cm³/mol. The number of aliphatic hydroxyl groups is 2. The van der Waals surface area contributed by atoms with Gasteiger partial charge in [0.05, 0.1) is 29.3 Å². The number of anilines is 2. The summed E-state index contributed by atoms with van der Waals surface area (Å²) in [6, 6.07) is 9.57. The van der Waals surface area contributed by atoms with Crippen LogP contribution in [-0.2, 0) is 11.0 Å². The van der Waals surface area contributed by atoms with Crippen molar-refractivity contribution in [3.05, 3.63) is 53.1 Å². The fraction of sp³-hybridized carbons (Fsp3) is 0.375. The van der Waals surface area contributed by atoms with Crippen LogP contribution >= 0.6 is 12.2 Å². The first-order chi connectivity index (χ1) is 16.3. The lowest BCUT2D eigenvalue weighted by Gasteiger charge is -2.38. The lowest BCUT2D eigenvalue weighted by Crippen LogP contribution is -2.55. The molecule has 1 amide bonds. The second kappa shape index (κ2) is 11.0. The summed E-state index contributed by atoms with van der Waals surface area (Å²) in [6.07, 6.45) is -5.80. The first kappa shape index (κ1) is 28.0. The first-order valence-electron chi connectivity index (χ1n) is 10.4. The minimum absolute atomic E-state index is 0.0926. The van der Waals surface area contributed by atoms with Crippen LogP contribution in [0.2, 0.25) is 0 Å². The molecule has 0 spiro atoms. The van der Waals surface area contributed by atoms with E-state index >= 15 is 0 Å². The molecular weight excluding hydrogens is 483 g/mol. The maximum atomic E-state index is 13.5. The minimum Gasteiger partial charge on any atom is -0.491 e. The van der Waals surface area contributed by atoms with E-state index in [-0.39, 0.29) is 12.3 Å². The number of aryl methyl sites for hydroxylation is 1. The molecule has 7 nitrogen and oxygen atoms in total. The molecule has 1 atom stereocenters. The van der Waals surface area contributed by atoms with Gasteiger partial charge in [0.2, 0.25) is 0 Å².